The minimum absolute atomic E-state index is 0.136. The van der Waals surface area contributed by atoms with Gasteiger partial charge in [-0.15, -0.1) is 0 Å². The number of carbonyl (C=O) groups is 5. The first-order chi connectivity index (χ1) is 13.8. The van der Waals surface area contributed by atoms with Gasteiger partial charge in [0.25, 0.3) is 0 Å². The molecule has 5 atom stereocenters. The Morgan fingerprint density at radius 3 is 1.87 bits per heavy atom. The Hall–Kier alpha value is -2.73. The highest BCUT2D eigenvalue weighted by Crippen LogP contribution is 2.04. The number of amides is 3. The van der Waals surface area contributed by atoms with Crippen LogP contribution in [-0.2, 0) is 24.0 Å². The van der Waals surface area contributed by atoms with Gasteiger partial charge in [0.1, 0.15) is 18.1 Å². The summed E-state index contributed by atoms with van der Waals surface area (Å²) in [5.74, 6) is -4.87. The zero-order valence-electron chi connectivity index (χ0n) is 17.5. The molecule has 3 amide bonds. The lowest BCUT2D eigenvalue weighted by Crippen LogP contribution is -2.59. The van der Waals surface area contributed by atoms with Crippen molar-refractivity contribution in [2.75, 3.05) is 0 Å². The summed E-state index contributed by atoms with van der Waals surface area (Å²) in [6, 6.07) is -4.93. The zero-order chi connectivity index (χ0) is 23.6. The smallest absolute Gasteiger partial charge is 0.326 e. The molecule has 0 aromatic carbocycles. The maximum absolute atomic E-state index is 12.4. The predicted molar refractivity (Wildman–Crippen MR) is 105 cm³/mol. The number of aliphatic hydroxyl groups excluding tert-OH is 1. The Kier molecular flexibility index (Phi) is 11.6. The number of aliphatic carboxylic acids is 2. The molecule has 0 heterocycles. The van der Waals surface area contributed by atoms with E-state index in [2.05, 4.69) is 16.0 Å². The summed E-state index contributed by atoms with van der Waals surface area (Å²) in [7, 11) is 0. The molecule has 12 heteroatoms. The molecule has 0 saturated heterocycles. The summed E-state index contributed by atoms with van der Waals surface area (Å²) in [6.07, 6.45) is -1.73. The van der Waals surface area contributed by atoms with Crippen LogP contribution in [0.4, 0.5) is 0 Å². The molecule has 0 aliphatic carbocycles. The van der Waals surface area contributed by atoms with Gasteiger partial charge in [-0.05, 0) is 32.6 Å². The minimum Gasteiger partial charge on any atom is -0.481 e. The molecule has 5 unspecified atom stereocenters. The molecule has 30 heavy (non-hydrogen) atoms. The molecule has 172 valence electrons. The zero-order valence-corrected chi connectivity index (χ0v) is 17.5. The van der Waals surface area contributed by atoms with Crippen LogP contribution in [0.1, 0.15) is 47.0 Å². The van der Waals surface area contributed by atoms with E-state index in [9.17, 15) is 29.1 Å². The quantitative estimate of drug-likeness (QED) is 0.174. The highest BCUT2D eigenvalue weighted by Gasteiger charge is 2.31. The van der Waals surface area contributed by atoms with Crippen LogP contribution in [0.3, 0.4) is 0 Å². The van der Waals surface area contributed by atoms with Gasteiger partial charge in [0, 0.05) is 6.42 Å². The summed E-state index contributed by atoms with van der Waals surface area (Å²) >= 11 is 0. The molecule has 0 bridgehead atoms. The van der Waals surface area contributed by atoms with Crippen LogP contribution in [0.15, 0.2) is 0 Å². The third kappa shape index (κ3) is 10.2. The number of carboxylic acids is 2. The van der Waals surface area contributed by atoms with Gasteiger partial charge < -0.3 is 37.0 Å². The van der Waals surface area contributed by atoms with Gasteiger partial charge in [-0.2, -0.15) is 0 Å². The third-order valence-electron chi connectivity index (χ3n) is 4.14. The number of carboxylic acid groups (broad SMARTS) is 2. The molecule has 8 N–H and O–H groups in total. The summed E-state index contributed by atoms with van der Waals surface area (Å²) in [4.78, 5) is 58.5. The molecule has 0 radical (unpaired) electrons. The molecule has 0 aromatic heterocycles. The lowest BCUT2D eigenvalue weighted by atomic mass is 10.0. The molecule has 0 aliphatic rings. The van der Waals surface area contributed by atoms with Crippen molar-refractivity contribution in [3.8, 4) is 0 Å². The fourth-order valence-electron chi connectivity index (χ4n) is 2.47. The predicted octanol–water partition coefficient (Wildman–Crippen LogP) is -1.84. The van der Waals surface area contributed by atoms with Crippen LogP contribution in [0.25, 0.3) is 0 Å². The van der Waals surface area contributed by atoms with Gasteiger partial charge in [-0.1, -0.05) is 13.8 Å². The average Bonchev–Trinajstić information content (AvgIpc) is 2.60. The van der Waals surface area contributed by atoms with Gasteiger partial charge >= 0.3 is 11.9 Å². The highest BCUT2D eigenvalue weighted by atomic mass is 16.4. The first-order valence-electron chi connectivity index (χ1n) is 9.55. The van der Waals surface area contributed by atoms with Crippen molar-refractivity contribution in [1.82, 2.24) is 16.0 Å². The fourth-order valence-corrected chi connectivity index (χ4v) is 2.47. The Morgan fingerprint density at radius 1 is 0.867 bits per heavy atom. The van der Waals surface area contributed by atoms with E-state index in [1.165, 1.54) is 13.8 Å². The van der Waals surface area contributed by atoms with E-state index in [0.29, 0.717) is 6.42 Å². The van der Waals surface area contributed by atoms with Gasteiger partial charge in [0.2, 0.25) is 17.7 Å². The van der Waals surface area contributed by atoms with E-state index in [1.807, 2.05) is 13.8 Å². The molecule has 0 rings (SSSR count). The van der Waals surface area contributed by atoms with Crippen LogP contribution in [0, 0.1) is 5.92 Å². The normalized spacial score (nSPS) is 16.0. The number of aliphatic hydroxyl groups is 1. The Bertz CT molecular complexity index is 638. The molecule has 0 fully saturated rings. The van der Waals surface area contributed by atoms with E-state index in [0.717, 1.165) is 0 Å². The van der Waals surface area contributed by atoms with Crippen molar-refractivity contribution in [3.63, 3.8) is 0 Å². The number of nitrogens with one attached hydrogen (secondary N) is 3. The maximum Gasteiger partial charge on any atom is 0.326 e. The van der Waals surface area contributed by atoms with E-state index < -0.39 is 66.4 Å². The van der Waals surface area contributed by atoms with Crippen LogP contribution in [0.5, 0.6) is 0 Å². The maximum atomic E-state index is 12.4. The lowest BCUT2D eigenvalue weighted by Gasteiger charge is -2.25. The number of hydrogen-bond acceptors (Lipinski definition) is 7. The molecule has 0 spiro atoms. The number of carbonyl (C=O) groups excluding carboxylic acids is 3. The number of rotatable bonds is 13. The first kappa shape index (κ1) is 27.3. The SMILES string of the molecule is CC(C)CC(N)C(=O)NC(C(=O)NC(C)C(=O)NC(CCC(=O)O)C(=O)O)C(C)O. The molecule has 0 saturated carbocycles. The standard InChI is InChI=1S/C18H32N4O8/c1-8(2)7-11(19)16(27)22-14(10(4)23)17(28)20-9(3)15(26)21-12(18(29)30)5-6-13(24)25/h8-12,14,23H,5-7,19H2,1-4H3,(H,20,28)(H,21,26)(H,22,27)(H,24,25)(H,29,30). The monoisotopic (exact) mass is 432 g/mol. The first-order valence-corrected chi connectivity index (χ1v) is 9.55. The number of nitrogens with two attached hydrogens (primary N) is 1. The Morgan fingerprint density at radius 2 is 1.43 bits per heavy atom. The van der Waals surface area contributed by atoms with Gasteiger partial charge in [0.05, 0.1) is 12.1 Å². The van der Waals surface area contributed by atoms with E-state index in [-0.39, 0.29) is 12.3 Å². The third-order valence-corrected chi connectivity index (χ3v) is 4.14. The van der Waals surface area contributed by atoms with Crippen LogP contribution in [0.2, 0.25) is 0 Å². The van der Waals surface area contributed by atoms with Crippen LogP contribution < -0.4 is 21.7 Å². The van der Waals surface area contributed by atoms with E-state index >= 15 is 0 Å². The summed E-state index contributed by atoms with van der Waals surface area (Å²) in [5.41, 5.74) is 5.76. The summed E-state index contributed by atoms with van der Waals surface area (Å²) < 4.78 is 0. The molecule has 0 aromatic rings. The van der Waals surface area contributed by atoms with E-state index in [1.54, 1.807) is 0 Å². The molecule has 0 aliphatic heterocycles. The van der Waals surface area contributed by atoms with Crippen molar-refractivity contribution in [3.05, 3.63) is 0 Å². The fraction of sp³-hybridized carbons (Fsp3) is 0.722. The second-order valence-electron chi connectivity index (χ2n) is 7.53. The van der Waals surface area contributed by atoms with Crippen molar-refractivity contribution < 1.29 is 39.3 Å². The van der Waals surface area contributed by atoms with Crippen molar-refractivity contribution >= 4 is 29.7 Å². The lowest BCUT2D eigenvalue weighted by molar-refractivity contribution is -0.143. The molecule has 12 nitrogen and oxygen atoms in total. The summed E-state index contributed by atoms with van der Waals surface area (Å²) in [5, 5.41) is 34.3. The second-order valence-corrected chi connectivity index (χ2v) is 7.53. The minimum atomic E-state index is -1.45. The Labute approximate surface area is 174 Å². The van der Waals surface area contributed by atoms with Crippen LogP contribution in [-0.4, -0.2) is 75.3 Å². The average molecular weight is 432 g/mol. The number of hydrogen-bond donors (Lipinski definition) is 7. The largest absolute Gasteiger partial charge is 0.481 e. The summed E-state index contributed by atoms with van der Waals surface area (Å²) in [6.45, 7) is 6.28. The van der Waals surface area contributed by atoms with Gasteiger partial charge in [-0.25, -0.2) is 4.79 Å². The molecular weight excluding hydrogens is 400 g/mol. The van der Waals surface area contributed by atoms with Gasteiger partial charge in [0.15, 0.2) is 0 Å². The van der Waals surface area contributed by atoms with Crippen molar-refractivity contribution in [1.29, 1.82) is 0 Å². The van der Waals surface area contributed by atoms with Crippen LogP contribution >= 0.6 is 0 Å². The van der Waals surface area contributed by atoms with Crippen molar-refractivity contribution in [2.45, 2.75) is 77.2 Å². The highest BCUT2D eigenvalue weighted by molar-refractivity contribution is 5.94. The van der Waals surface area contributed by atoms with Gasteiger partial charge in [-0.3, -0.25) is 19.2 Å². The second kappa shape index (κ2) is 12.8. The van der Waals surface area contributed by atoms with E-state index in [4.69, 9.17) is 15.9 Å². The molecular formula is C18H32N4O8. The Balaban J connectivity index is 4.97. The topological polar surface area (TPSA) is 208 Å². The van der Waals surface area contributed by atoms with Crippen molar-refractivity contribution in [2.24, 2.45) is 11.7 Å².